The van der Waals surface area contributed by atoms with Crippen molar-refractivity contribution in [2.75, 3.05) is 0 Å². The number of thiocarbonyl (C=S) groups is 1. The number of H-pyrrole nitrogens is 1. The van der Waals surface area contributed by atoms with E-state index in [9.17, 15) is 0 Å². The van der Waals surface area contributed by atoms with Gasteiger partial charge in [-0.15, -0.1) is 24.0 Å². The number of rotatable bonds is 2. The Kier molecular flexibility index (Phi) is 8.34. The summed E-state index contributed by atoms with van der Waals surface area (Å²) in [7, 11) is 0. The average molecular weight is 367 g/mol. The zero-order valence-electron chi connectivity index (χ0n) is 11.1. The highest BCUT2D eigenvalue weighted by molar-refractivity contribution is 7.84. The van der Waals surface area contributed by atoms with Gasteiger partial charge in [0.05, 0.1) is 21.4 Å². The van der Waals surface area contributed by atoms with Gasteiger partial charge in [-0.2, -0.15) is 0 Å². The van der Waals surface area contributed by atoms with Gasteiger partial charge < -0.3 is 10.3 Å². The summed E-state index contributed by atoms with van der Waals surface area (Å²) >= 11 is 15.5. The summed E-state index contributed by atoms with van der Waals surface area (Å²) in [4.78, 5) is 4.03. The maximum atomic E-state index is 4.98. The van der Waals surface area contributed by atoms with Crippen molar-refractivity contribution in [2.24, 2.45) is 0 Å². The Balaban J connectivity index is 0.000000211. The van der Waals surface area contributed by atoms with Gasteiger partial charge in [0.1, 0.15) is 0 Å². The minimum Gasteiger partial charge on any atom is -0.352 e. The van der Waals surface area contributed by atoms with Crippen LogP contribution in [0, 0.1) is 3.95 Å². The number of fused-ring (bicyclic) bond motifs is 1. The van der Waals surface area contributed by atoms with Gasteiger partial charge in [-0.3, -0.25) is 0 Å². The van der Waals surface area contributed by atoms with Crippen LogP contribution in [0.25, 0.3) is 10.2 Å². The van der Waals surface area contributed by atoms with Gasteiger partial charge in [0.25, 0.3) is 0 Å². The van der Waals surface area contributed by atoms with Crippen LogP contribution < -0.4 is 5.32 Å². The highest BCUT2D eigenvalue weighted by atomic mass is 32.1. The van der Waals surface area contributed by atoms with E-state index in [1.54, 1.807) is 11.3 Å². The van der Waals surface area contributed by atoms with Crippen molar-refractivity contribution >= 4 is 64.1 Å². The normalized spacial score (nSPS) is 13.0. The SMILES string of the molecule is C.S=CNC1=CC=CCC=C1S.S=c1[nH]c2ccccc2s1. The van der Waals surface area contributed by atoms with Gasteiger partial charge in [0.15, 0.2) is 3.95 Å². The van der Waals surface area contributed by atoms with Crippen LogP contribution in [-0.4, -0.2) is 10.5 Å². The first-order valence-electron chi connectivity index (χ1n) is 6.25. The first-order valence-corrected chi connectivity index (χ1v) is 8.39. The van der Waals surface area contributed by atoms with Crippen molar-refractivity contribution in [3.63, 3.8) is 0 Å². The molecule has 1 aliphatic carbocycles. The molecule has 0 unspecified atom stereocenters. The molecule has 6 heteroatoms. The Labute approximate surface area is 151 Å². The lowest BCUT2D eigenvalue weighted by molar-refractivity contribution is 1.22. The van der Waals surface area contributed by atoms with Crippen LogP contribution in [0.2, 0.25) is 0 Å². The van der Waals surface area contributed by atoms with Gasteiger partial charge in [-0.1, -0.05) is 50.0 Å². The molecule has 0 amide bonds. The molecule has 1 aromatic carbocycles. The van der Waals surface area contributed by atoms with Crippen molar-refractivity contribution in [2.45, 2.75) is 13.8 Å². The van der Waals surface area contributed by atoms with Gasteiger partial charge in [0, 0.05) is 4.91 Å². The summed E-state index contributed by atoms with van der Waals surface area (Å²) < 4.78 is 2.08. The lowest BCUT2D eigenvalue weighted by atomic mass is 10.3. The molecule has 1 aromatic heterocycles. The summed E-state index contributed by atoms with van der Waals surface area (Å²) in [6.45, 7) is 0. The fraction of sp³-hybridized carbons (Fsp3) is 0.125. The second-order valence-corrected chi connectivity index (χ2v) is 6.54. The minimum absolute atomic E-state index is 0. The lowest BCUT2D eigenvalue weighted by Crippen LogP contribution is -2.08. The molecule has 0 radical (unpaired) electrons. The number of hydrogen-bond acceptors (Lipinski definition) is 4. The van der Waals surface area contributed by atoms with Gasteiger partial charge in [0.2, 0.25) is 0 Å². The van der Waals surface area contributed by atoms with Gasteiger partial charge in [-0.25, -0.2) is 0 Å². The molecule has 22 heavy (non-hydrogen) atoms. The third-order valence-electron chi connectivity index (χ3n) is 2.66. The molecule has 2 nitrogen and oxygen atoms in total. The first kappa shape index (κ1) is 18.8. The number of para-hydroxylation sites is 1. The highest BCUT2D eigenvalue weighted by Gasteiger charge is 1.98. The van der Waals surface area contributed by atoms with Crippen LogP contribution in [0.1, 0.15) is 13.8 Å². The van der Waals surface area contributed by atoms with Crippen molar-refractivity contribution in [3.05, 3.63) is 63.1 Å². The molecule has 2 N–H and O–H groups in total. The molecular weight excluding hydrogens is 348 g/mol. The molecule has 0 atom stereocenters. The van der Waals surface area contributed by atoms with E-state index < -0.39 is 0 Å². The average Bonchev–Trinajstić information content (AvgIpc) is 2.74. The van der Waals surface area contributed by atoms with Crippen LogP contribution in [-0.2, 0) is 0 Å². The second-order valence-electron chi connectivity index (χ2n) is 4.11. The first-order chi connectivity index (χ1) is 10.2. The molecule has 116 valence electrons. The van der Waals surface area contributed by atoms with Crippen LogP contribution in [0.4, 0.5) is 0 Å². The zero-order chi connectivity index (χ0) is 15.1. The molecule has 2 aromatic rings. The molecule has 0 fully saturated rings. The standard InChI is InChI=1S/C8H9NS2.C7H5NS2.CH4/c10-6-9-7-4-2-1-3-5-8(7)11;9-7-8-5-3-1-2-4-6(5)10-7;/h1-2,4-6,11H,3H2,(H,9,10);1-4H,(H,8,9);1H4. The topological polar surface area (TPSA) is 27.8 Å². The molecule has 0 bridgehead atoms. The van der Waals surface area contributed by atoms with E-state index in [2.05, 4.69) is 47.3 Å². The van der Waals surface area contributed by atoms with E-state index in [1.165, 1.54) is 10.2 Å². The summed E-state index contributed by atoms with van der Waals surface area (Å²) in [6.07, 6.45) is 8.96. The Hall–Kier alpha value is -1.21. The lowest BCUT2D eigenvalue weighted by Gasteiger charge is -2.02. The summed E-state index contributed by atoms with van der Waals surface area (Å²) in [6, 6.07) is 8.11. The fourth-order valence-electron chi connectivity index (χ4n) is 1.70. The predicted octanol–water partition coefficient (Wildman–Crippen LogP) is 5.79. The van der Waals surface area contributed by atoms with Crippen LogP contribution >= 0.6 is 48.4 Å². The number of thiol groups is 1. The third kappa shape index (κ3) is 5.53. The zero-order valence-corrected chi connectivity index (χ0v) is 14.4. The van der Waals surface area contributed by atoms with Crippen LogP contribution in [0.15, 0.2) is 59.2 Å². The fourth-order valence-corrected chi connectivity index (χ4v) is 3.18. The molecular formula is C16H18N2S4. The Bertz CT molecular complexity index is 730. The smallest absolute Gasteiger partial charge is 0.159 e. The van der Waals surface area contributed by atoms with Crippen LogP contribution in [0.5, 0.6) is 0 Å². The molecule has 0 aliphatic heterocycles. The minimum atomic E-state index is 0. The van der Waals surface area contributed by atoms with Crippen molar-refractivity contribution in [3.8, 4) is 0 Å². The van der Waals surface area contributed by atoms with E-state index in [0.29, 0.717) is 0 Å². The van der Waals surface area contributed by atoms with E-state index in [4.69, 9.17) is 12.2 Å². The number of nitrogens with one attached hydrogen (secondary N) is 2. The Morgan fingerprint density at radius 2 is 2.09 bits per heavy atom. The Morgan fingerprint density at radius 1 is 1.32 bits per heavy atom. The van der Waals surface area contributed by atoms with Crippen molar-refractivity contribution < 1.29 is 0 Å². The summed E-state index contributed by atoms with van der Waals surface area (Å²) in [5, 5.41) is 2.93. The molecule has 0 saturated heterocycles. The number of aromatic amines is 1. The van der Waals surface area contributed by atoms with Gasteiger partial charge >= 0.3 is 0 Å². The summed E-state index contributed by atoms with van der Waals surface area (Å²) in [5.41, 5.74) is 3.57. The molecule has 3 rings (SSSR count). The number of benzene rings is 1. The van der Waals surface area contributed by atoms with E-state index >= 15 is 0 Å². The van der Waals surface area contributed by atoms with Crippen molar-refractivity contribution in [1.29, 1.82) is 0 Å². The van der Waals surface area contributed by atoms with Crippen LogP contribution in [0.3, 0.4) is 0 Å². The maximum Gasteiger partial charge on any atom is 0.159 e. The van der Waals surface area contributed by atoms with E-state index in [0.717, 1.165) is 26.5 Å². The Morgan fingerprint density at radius 3 is 2.82 bits per heavy atom. The maximum absolute atomic E-state index is 4.98. The number of hydrogen-bond donors (Lipinski definition) is 3. The molecule has 1 aliphatic rings. The van der Waals surface area contributed by atoms with Crippen molar-refractivity contribution in [1.82, 2.24) is 10.3 Å². The van der Waals surface area contributed by atoms with E-state index in [-0.39, 0.29) is 7.43 Å². The van der Waals surface area contributed by atoms with Gasteiger partial charge in [-0.05, 0) is 36.8 Å². The predicted molar refractivity (Wildman–Crippen MR) is 109 cm³/mol. The quantitative estimate of drug-likeness (QED) is 0.464. The largest absolute Gasteiger partial charge is 0.352 e. The second kappa shape index (κ2) is 9.74. The summed E-state index contributed by atoms with van der Waals surface area (Å²) in [5.74, 6) is 0. The van der Waals surface area contributed by atoms with E-state index in [1.807, 2.05) is 36.4 Å². The number of allylic oxidation sites excluding steroid dienone is 4. The monoisotopic (exact) mass is 366 g/mol. The third-order valence-corrected chi connectivity index (χ3v) is 4.42. The number of thiazole rings is 1. The molecule has 0 spiro atoms. The number of aromatic nitrogens is 1. The molecule has 0 saturated carbocycles. The molecule has 1 heterocycles. The highest BCUT2D eigenvalue weighted by Crippen LogP contribution is 2.17.